The SMILES string of the molecule is CC(=O)Nc1c(C)c(-c2ncccn2)c(C)n(C)c1=O. The summed E-state index contributed by atoms with van der Waals surface area (Å²) in [5, 5.41) is 2.59. The summed E-state index contributed by atoms with van der Waals surface area (Å²) in [6, 6.07) is 1.73. The molecule has 0 aliphatic carbocycles. The molecule has 0 bridgehead atoms. The number of hydrogen-bond donors (Lipinski definition) is 1. The van der Waals surface area contributed by atoms with Crippen molar-refractivity contribution < 1.29 is 4.79 Å². The van der Waals surface area contributed by atoms with Gasteiger partial charge in [0.05, 0.1) is 0 Å². The number of rotatable bonds is 2. The lowest BCUT2D eigenvalue weighted by atomic mass is 10.0. The third-order valence-electron chi connectivity index (χ3n) is 3.22. The fourth-order valence-electron chi connectivity index (χ4n) is 2.13. The predicted molar refractivity (Wildman–Crippen MR) is 76.5 cm³/mol. The Hall–Kier alpha value is -2.50. The second kappa shape index (κ2) is 5.24. The first kappa shape index (κ1) is 13.9. The van der Waals surface area contributed by atoms with Crippen LogP contribution in [-0.2, 0) is 11.8 Å². The van der Waals surface area contributed by atoms with Gasteiger partial charge in [-0.15, -0.1) is 0 Å². The third kappa shape index (κ3) is 2.32. The molecule has 6 nitrogen and oxygen atoms in total. The van der Waals surface area contributed by atoms with Gasteiger partial charge in [0.2, 0.25) is 5.91 Å². The molecule has 0 unspecified atom stereocenters. The molecule has 0 spiro atoms. The lowest BCUT2D eigenvalue weighted by molar-refractivity contribution is -0.114. The first-order chi connectivity index (χ1) is 9.43. The molecule has 6 heteroatoms. The zero-order valence-electron chi connectivity index (χ0n) is 11.9. The molecule has 104 valence electrons. The van der Waals surface area contributed by atoms with E-state index in [0.717, 1.165) is 11.3 Å². The number of nitrogens with one attached hydrogen (secondary N) is 1. The number of anilines is 1. The molecule has 1 amide bonds. The highest BCUT2D eigenvalue weighted by atomic mass is 16.2. The van der Waals surface area contributed by atoms with Crippen LogP contribution in [0.2, 0.25) is 0 Å². The first-order valence-electron chi connectivity index (χ1n) is 6.18. The van der Waals surface area contributed by atoms with Crippen LogP contribution in [0.15, 0.2) is 23.3 Å². The van der Waals surface area contributed by atoms with Crippen molar-refractivity contribution in [2.24, 2.45) is 7.05 Å². The number of carbonyl (C=O) groups is 1. The molecule has 0 saturated heterocycles. The van der Waals surface area contributed by atoms with Crippen molar-refractivity contribution in [1.82, 2.24) is 14.5 Å². The number of hydrogen-bond acceptors (Lipinski definition) is 4. The van der Waals surface area contributed by atoms with Gasteiger partial charge in [-0.3, -0.25) is 9.59 Å². The highest BCUT2D eigenvalue weighted by molar-refractivity contribution is 5.90. The van der Waals surface area contributed by atoms with E-state index in [0.29, 0.717) is 11.4 Å². The molecule has 0 aliphatic heterocycles. The first-order valence-corrected chi connectivity index (χ1v) is 6.18. The normalized spacial score (nSPS) is 10.4. The Labute approximate surface area is 116 Å². The quantitative estimate of drug-likeness (QED) is 0.897. The lowest BCUT2D eigenvalue weighted by Gasteiger charge is -2.16. The second-order valence-corrected chi connectivity index (χ2v) is 4.58. The van der Waals surface area contributed by atoms with Gasteiger partial charge in [-0.05, 0) is 25.5 Å². The topological polar surface area (TPSA) is 76.9 Å². The maximum Gasteiger partial charge on any atom is 0.274 e. The van der Waals surface area contributed by atoms with E-state index in [1.54, 1.807) is 32.4 Å². The lowest BCUT2D eigenvalue weighted by Crippen LogP contribution is -2.27. The van der Waals surface area contributed by atoms with Gasteiger partial charge >= 0.3 is 0 Å². The average Bonchev–Trinajstić information content (AvgIpc) is 2.42. The highest BCUT2D eigenvalue weighted by Crippen LogP contribution is 2.26. The van der Waals surface area contributed by atoms with Crippen molar-refractivity contribution in [1.29, 1.82) is 0 Å². The predicted octanol–water partition coefficient (Wildman–Crippen LogP) is 1.42. The van der Waals surface area contributed by atoms with Gasteiger partial charge in [-0.2, -0.15) is 0 Å². The van der Waals surface area contributed by atoms with Gasteiger partial charge in [0.1, 0.15) is 5.69 Å². The van der Waals surface area contributed by atoms with Gasteiger partial charge in [0.25, 0.3) is 5.56 Å². The molecule has 2 aromatic heterocycles. The highest BCUT2D eigenvalue weighted by Gasteiger charge is 2.18. The summed E-state index contributed by atoms with van der Waals surface area (Å²) in [4.78, 5) is 32.0. The summed E-state index contributed by atoms with van der Waals surface area (Å²) < 4.78 is 1.49. The molecule has 20 heavy (non-hydrogen) atoms. The standard InChI is InChI=1S/C14H16N4O2/c1-8-11(13-15-6-5-7-16-13)9(2)18(4)14(20)12(8)17-10(3)19/h5-7H,1-4H3,(H,17,19). The molecule has 0 saturated carbocycles. The van der Waals surface area contributed by atoms with E-state index < -0.39 is 0 Å². The van der Waals surface area contributed by atoms with E-state index in [-0.39, 0.29) is 17.2 Å². The van der Waals surface area contributed by atoms with Crippen LogP contribution >= 0.6 is 0 Å². The minimum absolute atomic E-state index is 0.241. The Bertz CT molecular complexity index is 720. The van der Waals surface area contributed by atoms with Crippen molar-refractivity contribution >= 4 is 11.6 Å². The minimum Gasteiger partial charge on any atom is -0.321 e. The second-order valence-electron chi connectivity index (χ2n) is 4.58. The van der Waals surface area contributed by atoms with Crippen LogP contribution < -0.4 is 10.9 Å². The van der Waals surface area contributed by atoms with E-state index in [9.17, 15) is 9.59 Å². The number of nitrogens with zero attached hydrogens (tertiary/aromatic N) is 3. The summed E-state index contributed by atoms with van der Waals surface area (Å²) in [6.45, 7) is 4.99. The van der Waals surface area contributed by atoms with Gasteiger partial charge in [-0.1, -0.05) is 0 Å². The Balaban J connectivity index is 2.79. The van der Waals surface area contributed by atoms with Crippen LogP contribution in [0.4, 0.5) is 5.69 Å². The van der Waals surface area contributed by atoms with Crippen molar-refractivity contribution in [3.63, 3.8) is 0 Å². The molecule has 0 aliphatic rings. The van der Waals surface area contributed by atoms with E-state index in [1.807, 2.05) is 6.92 Å². The smallest absolute Gasteiger partial charge is 0.274 e. The van der Waals surface area contributed by atoms with Crippen LogP contribution in [0.25, 0.3) is 11.4 Å². The largest absolute Gasteiger partial charge is 0.321 e. The molecule has 0 radical (unpaired) electrons. The fourth-order valence-corrected chi connectivity index (χ4v) is 2.13. The van der Waals surface area contributed by atoms with E-state index in [4.69, 9.17) is 0 Å². The monoisotopic (exact) mass is 272 g/mol. The van der Waals surface area contributed by atoms with Gasteiger partial charge in [0.15, 0.2) is 5.82 Å². The molecule has 2 heterocycles. The average molecular weight is 272 g/mol. The summed E-state index contributed by atoms with van der Waals surface area (Å²) in [6.07, 6.45) is 3.29. The van der Waals surface area contributed by atoms with Gasteiger partial charge < -0.3 is 9.88 Å². The number of aromatic nitrogens is 3. The molecule has 0 aromatic carbocycles. The minimum atomic E-state index is -0.283. The Morgan fingerprint density at radius 2 is 1.85 bits per heavy atom. The van der Waals surface area contributed by atoms with E-state index >= 15 is 0 Å². The van der Waals surface area contributed by atoms with Crippen molar-refractivity contribution in [3.8, 4) is 11.4 Å². The zero-order valence-corrected chi connectivity index (χ0v) is 11.9. The number of pyridine rings is 1. The molecular weight excluding hydrogens is 256 g/mol. The fraction of sp³-hybridized carbons (Fsp3) is 0.286. The Morgan fingerprint density at radius 3 is 2.40 bits per heavy atom. The maximum atomic E-state index is 12.2. The molecule has 0 fully saturated rings. The molecule has 2 aromatic rings. The van der Waals surface area contributed by atoms with E-state index in [1.165, 1.54) is 11.5 Å². The molecular formula is C14H16N4O2. The van der Waals surface area contributed by atoms with Crippen LogP contribution in [0.5, 0.6) is 0 Å². The number of carbonyl (C=O) groups excluding carboxylic acids is 1. The summed E-state index contributed by atoms with van der Waals surface area (Å²) in [7, 11) is 1.66. The summed E-state index contributed by atoms with van der Waals surface area (Å²) in [5.41, 5.74) is 2.22. The van der Waals surface area contributed by atoms with Crippen molar-refractivity contribution in [2.45, 2.75) is 20.8 Å². The van der Waals surface area contributed by atoms with Crippen LogP contribution in [0, 0.1) is 13.8 Å². The number of amides is 1. The van der Waals surface area contributed by atoms with Crippen LogP contribution in [0.3, 0.4) is 0 Å². The maximum absolute atomic E-state index is 12.2. The molecule has 2 rings (SSSR count). The van der Waals surface area contributed by atoms with Gasteiger partial charge in [0, 0.05) is 37.6 Å². The van der Waals surface area contributed by atoms with Crippen molar-refractivity contribution in [2.75, 3.05) is 5.32 Å². The zero-order chi connectivity index (χ0) is 14.9. The Kier molecular flexibility index (Phi) is 3.65. The van der Waals surface area contributed by atoms with Crippen LogP contribution in [0.1, 0.15) is 18.2 Å². The third-order valence-corrected chi connectivity index (χ3v) is 3.22. The summed E-state index contributed by atoms with van der Waals surface area (Å²) in [5.74, 6) is 0.249. The van der Waals surface area contributed by atoms with Gasteiger partial charge in [-0.25, -0.2) is 9.97 Å². The van der Waals surface area contributed by atoms with Crippen molar-refractivity contribution in [3.05, 3.63) is 40.1 Å². The Morgan fingerprint density at radius 1 is 1.25 bits per heavy atom. The molecule has 1 N–H and O–H groups in total. The van der Waals surface area contributed by atoms with E-state index in [2.05, 4.69) is 15.3 Å². The summed E-state index contributed by atoms with van der Waals surface area (Å²) >= 11 is 0. The van der Waals surface area contributed by atoms with Crippen LogP contribution in [-0.4, -0.2) is 20.4 Å². The molecule has 0 atom stereocenters.